The molecule has 168 valence electrons. The second kappa shape index (κ2) is 10.6. The predicted molar refractivity (Wildman–Crippen MR) is 129 cm³/mol. The van der Waals surface area contributed by atoms with E-state index in [0.29, 0.717) is 18.7 Å². The van der Waals surface area contributed by atoms with Crippen LogP contribution >= 0.6 is 0 Å². The summed E-state index contributed by atoms with van der Waals surface area (Å²) >= 11 is 0. The Bertz CT molecular complexity index is 1100. The minimum atomic E-state index is -0.293. The maximum absolute atomic E-state index is 12.7. The number of anilines is 1. The van der Waals surface area contributed by atoms with Crippen LogP contribution in [0.5, 0.6) is 0 Å². The number of nitrogens with one attached hydrogen (secondary N) is 2. The van der Waals surface area contributed by atoms with Gasteiger partial charge in [0.15, 0.2) is 0 Å². The first-order valence-corrected chi connectivity index (χ1v) is 11.2. The summed E-state index contributed by atoms with van der Waals surface area (Å²) < 4.78 is 0. The van der Waals surface area contributed by atoms with E-state index in [2.05, 4.69) is 10.6 Å². The number of benzene rings is 3. The molecule has 2 N–H and O–H groups in total. The van der Waals surface area contributed by atoms with Gasteiger partial charge in [0.2, 0.25) is 11.8 Å². The molecule has 3 aromatic rings. The van der Waals surface area contributed by atoms with Gasteiger partial charge in [-0.2, -0.15) is 0 Å². The molecule has 6 nitrogen and oxygen atoms in total. The van der Waals surface area contributed by atoms with E-state index in [0.717, 1.165) is 29.7 Å². The van der Waals surface area contributed by atoms with E-state index in [1.807, 2.05) is 72.8 Å². The molecule has 4 rings (SSSR count). The van der Waals surface area contributed by atoms with Crippen LogP contribution in [0, 0.1) is 5.92 Å². The number of hydrogen-bond donors (Lipinski definition) is 2. The van der Waals surface area contributed by atoms with Crippen molar-refractivity contribution in [2.24, 2.45) is 5.92 Å². The number of carbonyl (C=O) groups is 3. The van der Waals surface area contributed by atoms with Crippen molar-refractivity contribution in [3.05, 3.63) is 90.5 Å². The van der Waals surface area contributed by atoms with Crippen LogP contribution in [-0.4, -0.2) is 42.3 Å². The van der Waals surface area contributed by atoms with Gasteiger partial charge < -0.3 is 15.5 Å². The Kier molecular flexibility index (Phi) is 7.15. The summed E-state index contributed by atoms with van der Waals surface area (Å²) in [6.07, 6.45) is 1.50. The highest BCUT2D eigenvalue weighted by Crippen LogP contribution is 2.20. The van der Waals surface area contributed by atoms with Gasteiger partial charge in [-0.25, -0.2) is 0 Å². The molecule has 33 heavy (non-hydrogen) atoms. The van der Waals surface area contributed by atoms with Gasteiger partial charge in [-0.1, -0.05) is 60.7 Å². The lowest BCUT2D eigenvalue weighted by molar-refractivity contribution is -0.133. The molecule has 1 aliphatic rings. The maximum Gasteiger partial charge on any atom is 0.251 e. The quantitative estimate of drug-likeness (QED) is 0.608. The molecule has 0 aromatic heterocycles. The van der Waals surface area contributed by atoms with Crippen LogP contribution in [0.15, 0.2) is 84.9 Å². The van der Waals surface area contributed by atoms with E-state index >= 15 is 0 Å². The second-order valence-corrected chi connectivity index (χ2v) is 8.16. The minimum Gasteiger partial charge on any atom is -0.343 e. The monoisotopic (exact) mass is 441 g/mol. The number of para-hydroxylation sites is 1. The lowest BCUT2D eigenvalue weighted by Gasteiger charge is -2.32. The van der Waals surface area contributed by atoms with Crippen molar-refractivity contribution in [2.75, 3.05) is 25.0 Å². The lowest BCUT2D eigenvalue weighted by atomic mass is 9.97. The number of piperidine rings is 1. The molecule has 1 aliphatic heterocycles. The third kappa shape index (κ3) is 5.86. The largest absolute Gasteiger partial charge is 0.343 e. The molecular formula is C27H27N3O3. The summed E-state index contributed by atoms with van der Waals surface area (Å²) in [5, 5.41) is 5.62. The number of hydrogen-bond acceptors (Lipinski definition) is 3. The third-order valence-electron chi connectivity index (χ3n) is 5.84. The van der Waals surface area contributed by atoms with Crippen molar-refractivity contribution in [3.8, 4) is 11.1 Å². The van der Waals surface area contributed by atoms with E-state index in [9.17, 15) is 14.4 Å². The molecular weight excluding hydrogens is 414 g/mol. The first-order chi connectivity index (χ1) is 16.1. The Labute approximate surface area is 193 Å². The predicted octanol–water partition coefficient (Wildman–Crippen LogP) is 3.96. The number of carbonyl (C=O) groups excluding carboxylic acids is 3. The van der Waals surface area contributed by atoms with Crippen molar-refractivity contribution in [1.29, 1.82) is 0 Å². The highest BCUT2D eigenvalue weighted by Gasteiger charge is 2.28. The fraction of sp³-hybridized carbons (Fsp3) is 0.222. The molecule has 6 heteroatoms. The van der Waals surface area contributed by atoms with Crippen molar-refractivity contribution < 1.29 is 14.4 Å². The van der Waals surface area contributed by atoms with Crippen LogP contribution in [0.1, 0.15) is 23.2 Å². The number of likely N-dealkylation sites (tertiary alicyclic amines) is 1. The lowest BCUT2D eigenvalue weighted by Crippen LogP contribution is -2.47. The van der Waals surface area contributed by atoms with Gasteiger partial charge in [-0.3, -0.25) is 14.4 Å². The molecule has 1 saturated heterocycles. The van der Waals surface area contributed by atoms with Gasteiger partial charge >= 0.3 is 0 Å². The highest BCUT2D eigenvalue weighted by atomic mass is 16.2. The molecule has 0 spiro atoms. The van der Waals surface area contributed by atoms with Crippen molar-refractivity contribution >= 4 is 23.4 Å². The molecule has 0 saturated carbocycles. The Morgan fingerprint density at radius 3 is 2.15 bits per heavy atom. The Morgan fingerprint density at radius 1 is 0.818 bits per heavy atom. The first kappa shape index (κ1) is 22.3. The summed E-state index contributed by atoms with van der Waals surface area (Å²) in [6, 6.07) is 26.5. The number of amides is 3. The molecule has 0 radical (unpaired) electrons. The van der Waals surface area contributed by atoms with Crippen LogP contribution in [0.3, 0.4) is 0 Å². The van der Waals surface area contributed by atoms with Crippen molar-refractivity contribution in [3.63, 3.8) is 0 Å². The molecule has 1 unspecified atom stereocenters. The molecule has 0 bridgehead atoms. The summed E-state index contributed by atoms with van der Waals surface area (Å²) in [6.45, 7) is 0.862. The van der Waals surface area contributed by atoms with Crippen LogP contribution < -0.4 is 10.6 Å². The zero-order valence-corrected chi connectivity index (χ0v) is 18.4. The Balaban J connectivity index is 1.28. The van der Waals surface area contributed by atoms with Crippen LogP contribution in [0.4, 0.5) is 5.69 Å². The van der Waals surface area contributed by atoms with Gasteiger partial charge in [-0.05, 0) is 48.2 Å². The highest BCUT2D eigenvalue weighted by molar-refractivity contribution is 5.97. The van der Waals surface area contributed by atoms with E-state index in [-0.39, 0.29) is 30.2 Å². The zero-order valence-electron chi connectivity index (χ0n) is 18.4. The molecule has 3 amide bonds. The smallest absolute Gasteiger partial charge is 0.251 e. The summed E-state index contributed by atoms with van der Waals surface area (Å²) in [7, 11) is 0. The number of nitrogens with zero attached hydrogens (tertiary/aromatic N) is 1. The van der Waals surface area contributed by atoms with E-state index in [1.165, 1.54) is 0 Å². The van der Waals surface area contributed by atoms with Gasteiger partial charge in [0.25, 0.3) is 5.91 Å². The fourth-order valence-corrected chi connectivity index (χ4v) is 4.00. The maximum atomic E-state index is 12.7. The minimum absolute atomic E-state index is 0.0822. The third-order valence-corrected chi connectivity index (χ3v) is 5.84. The molecule has 3 aromatic carbocycles. The Hall–Kier alpha value is -3.93. The van der Waals surface area contributed by atoms with E-state index in [4.69, 9.17) is 0 Å². The molecule has 1 atom stereocenters. The SMILES string of the molecule is O=C(NCC(=O)N1CCCC(C(=O)Nc2ccccc2)C1)c1ccc(-c2ccccc2)cc1. The zero-order chi connectivity index (χ0) is 23.0. The topological polar surface area (TPSA) is 78.5 Å². The number of rotatable bonds is 6. The van der Waals surface area contributed by atoms with Gasteiger partial charge in [0.05, 0.1) is 12.5 Å². The summed E-state index contributed by atoms with van der Waals surface area (Å²) in [5.74, 6) is -0.815. The van der Waals surface area contributed by atoms with Crippen LogP contribution in [0.25, 0.3) is 11.1 Å². The molecule has 1 fully saturated rings. The first-order valence-electron chi connectivity index (χ1n) is 11.2. The van der Waals surface area contributed by atoms with Gasteiger partial charge in [-0.15, -0.1) is 0 Å². The average Bonchev–Trinajstić information content (AvgIpc) is 2.88. The van der Waals surface area contributed by atoms with Crippen molar-refractivity contribution in [2.45, 2.75) is 12.8 Å². The standard InChI is InChI=1S/C27H27N3O3/c31-25(30-17-7-10-23(19-30)27(33)29-24-11-5-2-6-12-24)18-28-26(32)22-15-13-21(14-16-22)20-8-3-1-4-9-20/h1-6,8-9,11-16,23H,7,10,17-19H2,(H,28,32)(H,29,33). The van der Waals surface area contributed by atoms with E-state index < -0.39 is 0 Å². The molecule has 1 heterocycles. The summed E-state index contributed by atoms with van der Waals surface area (Å²) in [5.41, 5.74) is 3.35. The molecule has 0 aliphatic carbocycles. The normalized spacial score (nSPS) is 15.5. The van der Waals surface area contributed by atoms with Crippen LogP contribution in [-0.2, 0) is 9.59 Å². The van der Waals surface area contributed by atoms with Gasteiger partial charge in [0.1, 0.15) is 0 Å². The fourth-order valence-electron chi connectivity index (χ4n) is 4.00. The average molecular weight is 442 g/mol. The van der Waals surface area contributed by atoms with Crippen LogP contribution in [0.2, 0.25) is 0 Å². The van der Waals surface area contributed by atoms with Gasteiger partial charge in [0, 0.05) is 24.3 Å². The Morgan fingerprint density at radius 2 is 1.45 bits per heavy atom. The second-order valence-electron chi connectivity index (χ2n) is 8.16. The van der Waals surface area contributed by atoms with Crippen molar-refractivity contribution in [1.82, 2.24) is 10.2 Å². The van der Waals surface area contributed by atoms with E-state index in [1.54, 1.807) is 17.0 Å². The summed E-state index contributed by atoms with van der Waals surface area (Å²) in [4.78, 5) is 39.5.